The van der Waals surface area contributed by atoms with Crippen LogP contribution in [0.15, 0.2) is 0 Å². The first kappa shape index (κ1) is 13.9. The second kappa shape index (κ2) is 8.04. The Hall–Kier alpha value is -0.120. The second-order valence-corrected chi connectivity index (χ2v) is 4.90. The van der Waals surface area contributed by atoms with E-state index in [1.165, 1.54) is 38.5 Å². The summed E-state index contributed by atoms with van der Waals surface area (Å²) in [4.78, 5) is 2.46. The van der Waals surface area contributed by atoms with E-state index in [9.17, 15) is 0 Å². The maximum Gasteiger partial charge on any atom is 0.0823 e. The number of nitrogens with two attached hydrogens (primary N) is 1. The highest BCUT2D eigenvalue weighted by atomic mass is 16.5. The Morgan fingerprint density at radius 3 is 2.38 bits per heavy atom. The van der Waals surface area contributed by atoms with Gasteiger partial charge in [0.2, 0.25) is 0 Å². The van der Waals surface area contributed by atoms with Gasteiger partial charge in [0, 0.05) is 25.7 Å². The Kier molecular flexibility index (Phi) is 7.01. The van der Waals surface area contributed by atoms with E-state index in [0.717, 1.165) is 19.2 Å². The van der Waals surface area contributed by atoms with Crippen LogP contribution >= 0.6 is 0 Å². The number of nitrogens with zero attached hydrogens (tertiary/aromatic N) is 1. The fraction of sp³-hybridized carbons (Fsp3) is 1.00. The van der Waals surface area contributed by atoms with Crippen molar-refractivity contribution in [1.29, 1.82) is 0 Å². The van der Waals surface area contributed by atoms with Crippen molar-refractivity contribution in [3.05, 3.63) is 0 Å². The molecule has 1 rings (SSSR count). The van der Waals surface area contributed by atoms with Crippen molar-refractivity contribution in [1.82, 2.24) is 4.90 Å². The lowest BCUT2D eigenvalue weighted by atomic mass is 10.1. The summed E-state index contributed by atoms with van der Waals surface area (Å²) < 4.78 is 5.62. The zero-order valence-corrected chi connectivity index (χ0v) is 11.0. The molecule has 0 aromatic rings. The maximum absolute atomic E-state index is 5.72. The molecular weight excluding hydrogens is 200 g/mol. The molecule has 0 bridgehead atoms. The van der Waals surface area contributed by atoms with E-state index in [0.29, 0.717) is 6.54 Å². The summed E-state index contributed by atoms with van der Waals surface area (Å²) in [5.41, 5.74) is 5.72. The normalized spacial score (nSPS) is 21.0. The van der Waals surface area contributed by atoms with Crippen molar-refractivity contribution in [2.45, 2.75) is 57.6 Å². The molecule has 0 aliphatic heterocycles. The van der Waals surface area contributed by atoms with E-state index in [2.05, 4.69) is 11.9 Å². The lowest BCUT2D eigenvalue weighted by molar-refractivity contribution is 0.0336. The van der Waals surface area contributed by atoms with Crippen LogP contribution in [0.3, 0.4) is 0 Å². The molecule has 0 amide bonds. The Balaban J connectivity index is 2.33. The van der Waals surface area contributed by atoms with Crippen molar-refractivity contribution >= 4 is 0 Å². The summed E-state index contributed by atoms with van der Waals surface area (Å²) >= 11 is 0. The molecule has 1 saturated carbocycles. The smallest absolute Gasteiger partial charge is 0.0823 e. The van der Waals surface area contributed by atoms with E-state index in [1.807, 2.05) is 6.92 Å². The maximum atomic E-state index is 5.72. The molecular formula is C13H28N2O. The Labute approximate surface area is 100 Å². The van der Waals surface area contributed by atoms with Gasteiger partial charge in [-0.1, -0.05) is 25.7 Å². The highest BCUT2D eigenvalue weighted by molar-refractivity contribution is 4.75. The first-order chi connectivity index (χ1) is 7.77. The van der Waals surface area contributed by atoms with Crippen LogP contribution in [0.25, 0.3) is 0 Å². The monoisotopic (exact) mass is 228 g/mol. The SMILES string of the molecule is CCOC(CN)CN(C)C1CCCCCC1. The number of hydrogen-bond acceptors (Lipinski definition) is 3. The molecule has 0 radical (unpaired) electrons. The summed E-state index contributed by atoms with van der Waals surface area (Å²) in [6, 6.07) is 0.747. The standard InChI is InChI=1S/C13H28N2O/c1-3-16-13(10-14)11-15(2)12-8-6-4-5-7-9-12/h12-13H,3-11,14H2,1-2H3. The molecule has 1 atom stereocenters. The first-order valence-corrected chi connectivity index (χ1v) is 6.79. The van der Waals surface area contributed by atoms with Gasteiger partial charge in [-0.25, -0.2) is 0 Å². The Morgan fingerprint density at radius 2 is 1.88 bits per heavy atom. The molecule has 0 spiro atoms. The average Bonchev–Trinajstić information content (AvgIpc) is 2.56. The molecule has 96 valence electrons. The zero-order chi connectivity index (χ0) is 11.8. The molecule has 1 aliphatic rings. The largest absolute Gasteiger partial charge is 0.376 e. The summed E-state index contributed by atoms with van der Waals surface area (Å²) in [6.07, 6.45) is 8.50. The summed E-state index contributed by atoms with van der Waals surface area (Å²) in [7, 11) is 2.22. The van der Waals surface area contributed by atoms with Crippen LogP contribution in [0, 0.1) is 0 Å². The third-order valence-corrected chi connectivity index (χ3v) is 3.60. The van der Waals surface area contributed by atoms with Crippen LogP contribution in [0.5, 0.6) is 0 Å². The van der Waals surface area contributed by atoms with E-state index < -0.39 is 0 Å². The number of likely N-dealkylation sites (N-methyl/N-ethyl adjacent to an activating group) is 1. The van der Waals surface area contributed by atoms with Crippen LogP contribution in [-0.2, 0) is 4.74 Å². The van der Waals surface area contributed by atoms with Gasteiger partial charge in [0.1, 0.15) is 0 Å². The van der Waals surface area contributed by atoms with E-state index >= 15 is 0 Å². The molecule has 16 heavy (non-hydrogen) atoms. The molecule has 1 aliphatic carbocycles. The molecule has 3 nitrogen and oxygen atoms in total. The lowest BCUT2D eigenvalue weighted by Crippen LogP contribution is -2.41. The van der Waals surface area contributed by atoms with Crippen molar-refractivity contribution in [3.8, 4) is 0 Å². The van der Waals surface area contributed by atoms with Gasteiger partial charge in [0.25, 0.3) is 0 Å². The summed E-state index contributed by atoms with van der Waals surface area (Å²) in [5, 5.41) is 0. The van der Waals surface area contributed by atoms with Crippen LogP contribution in [0.2, 0.25) is 0 Å². The minimum absolute atomic E-state index is 0.207. The Bertz CT molecular complexity index is 167. The summed E-state index contributed by atoms with van der Waals surface area (Å²) in [5.74, 6) is 0. The van der Waals surface area contributed by atoms with Crippen LogP contribution in [0.1, 0.15) is 45.4 Å². The lowest BCUT2D eigenvalue weighted by Gasteiger charge is -2.30. The molecule has 1 fully saturated rings. The van der Waals surface area contributed by atoms with Crippen LogP contribution in [-0.4, -0.2) is 43.8 Å². The molecule has 0 aromatic heterocycles. The third kappa shape index (κ3) is 4.81. The quantitative estimate of drug-likeness (QED) is 0.707. The van der Waals surface area contributed by atoms with E-state index in [4.69, 9.17) is 10.5 Å². The predicted octanol–water partition coefficient (Wildman–Crippen LogP) is 2.00. The van der Waals surface area contributed by atoms with Crippen molar-refractivity contribution in [3.63, 3.8) is 0 Å². The van der Waals surface area contributed by atoms with E-state index in [-0.39, 0.29) is 6.10 Å². The van der Waals surface area contributed by atoms with Gasteiger partial charge in [-0.2, -0.15) is 0 Å². The molecule has 1 unspecified atom stereocenters. The number of rotatable bonds is 6. The predicted molar refractivity (Wildman–Crippen MR) is 68.6 cm³/mol. The first-order valence-electron chi connectivity index (χ1n) is 6.79. The van der Waals surface area contributed by atoms with Crippen molar-refractivity contribution in [2.24, 2.45) is 5.73 Å². The summed E-state index contributed by atoms with van der Waals surface area (Å²) in [6.45, 7) is 4.41. The highest BCUT2D eigenvalue weighted by Gasteiger charge is 2.19. The van der Waals surface area contributed by atoms with Gasteiger partial charge in [-0.05, 0) is 26.8 Å². The average molecular weight is 228 g/mol. The molecule has 2 N–H and O–H groups in total. The zero-order valence-electron chi connectivity index (χ0n) is 11.0. The topological polar surface area (TPSA) is 38.5 Å². The molecule has 0 saturated heterocycles. The fourth-order valence-electron chi connectivity index (χ4n) is 2.60. The third-order valence-electron chi connectivity index (χ3n) is 3.60. The van der Waals surface area contributed by atoms with Gasteiger partial charge in [-0.15, -0.1) is 0 Å². The van der Waals surface area contributed by atoms with Crippen LogP contribution in [0.4, 0.5) is 0 Å². The van der Waals surface area contributed by atoms with Crippen molar-refractivity contribution < 1.29 is 4.74 Å². The molecule has 0 aromatic carbocycles. The molecule has 3 heteroatoms. The van der Waals surface area contributed by atoms with Gasteiger partial charge in [0.05, 0.1) is 6.10 Å². The van der Waals surface area contributed by atoms with Gasteiger partial charge < -0.3 is 15.4 Å². The van der Waals surface area contributed by atoms with Crippen LogP contribution < -0.4 is 5.73 Å². The highest BCUT2D eigenvalue weighted by Crippen LogP contribution is 2.21. The molecule has 0 heterocycles. The Morgan fingerprint density at radius 1 is 1.25 bits per heavy atom. The minimum Gasteiger partial charge on any atom is -0.376 e. The van der Waals surface area contributed by atoms with Gasteiger partial charge in [0.15, 0.2) is 0 Å². The second-order valence-electron chi connectivity index (χ2n) is 4.90. The van der Waals surface area contributed by atoms with Gasteiger partial charge >= 0.3 is 0 Å². The fourth-order valence-corrected chi connectivity index (χ4v) is 2.60. The van der Waals surface area contributed by atoms with Gasteiger partial charge in [-0.3, -0.25) is 0 Å². The number of hydrogen-bond donors (Lipinski definition) is 1. The van der Waals surface area contributed by atoms with Crippen molar-refractivity contribution in [2.75, 3.05) is 26.7 Å². The number of ether oxygens (including phenoxy) is 1. The van der Waals surface area contributed by atoms with E-state index in [1.54, 1.807) is 0 Å². The minimum atomic E-state index is 0.207.